The molecule has 0 amide bonds. The van der Waals surface area contributed by atoms with E-state index < -0.39 is 0 Å². The molecule has 0 aromatic carbocycles. The third-order valence-corrected chi connectivity index (χ3v) is 5.06. The maximum Gasteiger partial charge on any atom is 0.0929 e. The minimum absolute atomic E-state index is 0.548. The minimum Gasteiger partial charge on any atom is -0.300 e. The lowest BCUT2D eigenvalue weighted by atomic mass is 10.2. The molecule has 0 radical (unpaired) electrons. The summed E-state index contributed by atoms with van der Waals surface area (Å²) in [6, 6.07) is 0.917. The molecule has 0 spiro atoms. The summed E-state index contributed by atoms with van der Waals surface area (Å²) in [5, 5.41) is 3.35. The lowest BCUT2D eigenvalue weighted by Gasteiger charge is -2.21. The maximum absolute atomic E-state index is 5.77. The Morgan fingerprint density at radius 2 is 2.17 bits per heavy atom. The fourth-order valence-corrected chi connectivity index (χ4v) is 3.52. The van der Waals surface area contributed by atoms with Crippen LogP contribution in [0.3, 0.4) is 0 Å². The number of halogens is 1. The predicted molar refractivity (Wildman–Crippen MR) is 77.3 cm³/mol. The molecule has 0 N–H and O–H groups in total. The third-order valence-electron chi connectivity index (χ3n) is 3.83. The molecule has 0 unspecified atom stereocenters. The molecule has 2 nitrogen and oxygen atoms in total. The largest absolute Gasteiger partial charge is 0.300 e. The van der Waals surface area contributed by atoms with Crippen molar-refractivity contribution in [2.24, 2.45) is 5.92 Å². The average Bonchev–Trinajstić information content (AvgIpc) is 3.28. The van der Waals surface area contributed by atoms with Crippen LogP contribution in [-0.2, 0) is 12.3 Å². The zero-order valence-corrected chi connectivity index (χ0v) is 12.3. The molecule has 2 saturated carbocycles. The van der Waals surface area contributed by atoms with Crippen molar-refractivity contribution < 1.29 is 0 Å². The summed E-state index contributed by atoms with van der Waals surface area (Å²) in [5.74, 6) is 1.57. The van der Waals surface area contributed by atoms with Crippen LogP contribution < -0.4 is 0 Å². The van der Waals surface area contributed by atoms with Gasteiger partial charge in [-0.3, -0.25) is 0 Å². The highest BCUT2D eigenvalue weighted by Crippen LogP contribution is 2.34. The molecule has 3 rings (SSSR count). The van der Waals surface area contributed by atoms with Gasteiger partial charge in [0.25, 0.3) is 0 Å². The average molecular weight is 285 g/mol. The maximum atomic E-state index is 5.77. The normalized spacial score (nSPS) is 19.7. The third kappa shape index (κ3) is 3.69. The molecule has 2 aliphatic carbocycles. The highest BCUT2D eigenvalue weighted by Gasteiger charge is 2.33. The van der Waals surface area contributed by atoms with E-state index in [0.29, 0.717) is 5.88 Å². The first kappa shape index (κ1) is 12.9. The first-order valence-corrected chi connectivity index (χ1v) is 8.50. The summed E-state index contributed by atoms with van der Waals surface area (Å²) >= 11 is 7.54. The zero-order valence-electron chi connectivity index (χ0n) is 10.8. The van der Waals surface area contributed by atoms with Gasteiger partial charge >= 0.3 is 0 Å². The SMILES string of the molecule is ClCc1csc(CCCN(CC2CC2)C2CC2)n1. The number of hydrogen-bond donors (Lipinski definition) is 0. The number of rotatable bonds is 8. The summed E-state index contributed by atoms with van der Waals surface area (Å²) in [5.41, 5.74) is 1.04. The highest BCUT2D eigenvalue weighted by atomic mass is 35.5. The molecular weight excluding hydrogens is 264 g/mol. The van der Waals surface area contributed by atoms with Crippen molar-refractivity contribution in [1.29, 1.82) is 0 Å². The van der Waals surface area contributed by atoms with Gasteiger partial charge in [0.1, 0.15) is 0 Å². The molecule has 1 aromatic heterocycles. The van der Waals surface area contributed by atoms with Crippen molar-refractivity contribution in [2.45, 2.75) is 50.4 Å². The second-order valence-electron chi connectivity index (χ2n) is 5.64. The van der Waals surface area contributed by atoms with E-state index >= 15 is 0 Å². The van der Waals surface area contributed by atoms with E-state index in [9.17, 15) is 0 Å². The van der Waals surface area contributed by atoms with Gasteiger partial charge in [-0.25, -0.2) is 4.98 Å². The Balaban J connectivity index is 1.41. The Labute approximate surface area is 118 Å². The van der Waals surface area contributed by atoms with Gasteiger partial charge in [0, 0.05) is 24.4 Å². The zero-order chi connectivity index (χ0) is 12.4. The number of aromatic nitrogens is 1. The van der Waals surface area contributed by atoms with Crippen molar-refractivity contribution in [3.8, 4) is 0 Å². The van der Waals surface area contributed by atoms with Gasteiger partial charge in [-0.1, -0.05) is 0 Å². The molecule has 0 saturated heterocycles. The van der Waals surface area contributed by atoms with Crippen LogP contribution in [-0.4, -0.2) is 29.0 Å². The van der Waals surface area contributed by atoms with E-state index in [4.69, 9.17) is 11.6 Å². The fourth-order valence-electron chi connectivity index (χ4n) is 2.45. The molecule has 0 bridgehead atoms. The van der Waals surface area contributed by atoms with Gasteiger partial charge in [-0.15, -0.1) is 22.9 Å². The smallest absolute Gasteiger partial charge is 0.0929 e. The van der Waals surface area contributed by atoms with E-state index in [-0.39, 0.29) is 0 Å². The van der Waals surface area contributed by atoms with Crippen molar-refractivity contribution in [1.82, 2.24) is 9.88 Å². The molecule has 100 valence electrons. The summed E-state index contributed by atoms with van der Waals surface area (Å²) in [7, 11) is 0. The Morgan fingerprint density at radius 3 is 2.78 bits per heavy atom. The second-order valence-corrected chi connectivity index (χ2v) is 6.85. The predicted octanol–water partition coefficient (Wildman–Crippen LogP) is 3.69. The first-order chi connectivity index (χ1) is 8.85. The molecule has 1 heterocycles. The first-order valence-electron chi connectivity index (χ1n) is 7.08. The van der Waals surface area contributed by atoms with Crippen LogP contribution in [0.2, 0.25) is 0 Å². The van der Waals surface area contributed by atoms with Crippen molar-refractivity contribution in [3.63, 3.8) is 0 Å². The van der Waals surface area contributed by atoms with Crippen LogP contribution in [0.15, 0.2) is 5.38 Å². The van der Waals surface area contributed by atoms with Crippen LogP contribution in [0.1, 0.15) is 42.8 Å². The Morgan fingerprint density at radius 1 is 1.33 bits per heavy atom. The van der Waals surface area contributed by atoms with Gasteiger partial charge in [0.15, 0.2) is 0 Å². The molecule has 0 aliphatic heterocycles. The van der Waals surface area contributed by atoms with Gasteiger partial charge in [-0.2, -0.15) is 0 Å². The van der Waals surface area contributed by atoms with Crippen LogP contribution in [0.4, 0.5) is 0 Å². The summed E-state index contributed by atoms with van der Waals surface area (Å²) in [6.07, 6.45) is 8.16. The standard InChI is InChI=1S/C14H21ClN2S/c15-8-12-10-18-14(16-12)2-1-7-17(13-5-6-13)9-11-3-4-11/h10-11,13H,1-9H2. The van der Waals surface area contributed by atoms with Crippen LogP contribution in [0, 0.1) is 5.92 Å². The van der Waals surface area contributed by atoms with Gasteiger partial charge in [0.2, 0.25) is 0 Å². The van der Waals surface area contributed by atoms with Gasteiger partial charge in [-0.05, 0) is 44.6 Å². The van der Waals surface area contributed by atoms with E-state index in [1.807, 2.05) is 0 Å². The highest BCUT2D eigenvalue weighted by molar-refractivity contribution is 7.09. The van der Waals surface area contributed by atoms with Crippen LogP contribution in [0.5, 0.6) is 0 Å². The molecule has 2 fully saturated rings. The van der Waals surface area contributed by atoms with Crippen molar-refractivity contribution in [3.05, 3.63) is 16.1 Å². The van der Waals surface area contributed by atoms with Gasteiger partial charge in [0.05, 0.1) is 16.6 Å². The second kappa shape index (κ2) is 5.89. The quantitative estimate of drug-likeness (QED) is 0.677. The molecule has 1 aromatic rings. The van der Waals surface area contributed by atoms with E-state index in [1.165, 1.54) is 50.2 Å². The van der Waals surface area contributed by atoms with E-state index in [0.717, 1.165) is 24.1 Å². The summed E-state index contributed by atoms with van der Waals surface area (Å²) in [4.78, 5) is 7.26. The molecular formula is C14H21ClN2S. The Hall–Kier alpha value is -0.120. The number of thiazole rings is 1. The monoisotopic (exact) mass is 284 g/mol. The molecule has 0 atom stereocenters. The number of aryl methyl sites for hydroxylation is 1. The van der Waals surface area contributed by atoms with E-state index in [2.05, 4.69) is 15.3 Å². The fraction of sp³-hybridized carbons (Fsp3) is 0.786. The number of alkyl halides is 1. The van der Waals surface area contributed by atoms with Crippen LogP contribution in [0.25, 0.3) is 0 Å². The lowest BCUT2D eigenvalue weighted by molar-refractivity contribution is 0.249. The van der Waals surface area contributed by atoms with Crippen LogP contribution >= 0.6 is 22.9 Å². The summed E-state index contributed by atoms with van der Waals surface area (Å²) < 4.78 is 0. The van der Waals surface area contributed by atoms with Gasteiger partial charge < -0.3 is 4.90 Å². The van der Waals surface area contributed by atoms with E-state index in [1.54, 1.807) is 11.3 Å². The number of nitrogens with zero attached hydrogens (tertiary/aromatic N) is 2. The Kier molecular flexibility index (Phi) is 4.22. The minimum atomic E-state index is 0.548. The van der Waals surface area contributed by atoms with Crippen molar-refractivity contribution in [2.75, 3.05) is 13.1 Å². The molecule has 18 heavy (non-hydrogen) atoms. The molecule has 2 aliphatic rings. The van der Waals surface area contributed by atoms with Crippen molar-refractivity contribution >= 4 is 22.9 Å². The molecule has 4 heteroatoms. The number of hydrogen-bond acceptors (Lipinski definition) is 3. The topological polar surface area (TPSA) is 16.1 Å². The Bertz CT molecular complexity index is 385. The lowest BCUT2D eigenvalue weighted by Crippen LogP contribution is -2.29. The summed E-state index contributed by atoms with van der Waals surface area (Å²) in [6.45, 7) is 2.62.